The van der Waals surface area contributed by atoms with Crippen molar-refractivity contribution < 1.29 is 8.42 Å². The summed E-state index contributed by atoms with van der Waals surface area (Å²) in [5.41, 5.74) is 1.17. The Morgan fingerprint density at radius 3 is 2.78 bits per heavy atom. The fraction of sp³-hybridized carbons (Fsp3) is 0.692. The van der Waals surface area contributed by atoms with Crippen LogP contribution < -0.4 is 5.32 Å². The van der Waals surface area contributed by atoms with E-state index >= 15 is 0 Å². The van der Waals surface area contributed by atoms with Crippen molar-refractivity contribution >= 4 is 9.84 Å². The van der Waals surface area contributed by atoms with Gasteiger partial charge >= 0.3 is 0 Å². The van der Waals surface area contributed by atoms with Crippen LogP contribution in [0.3, 0.4) is 0 Å². The van der Waals surface area contributed by atoms with Crippen LogP contribution in [0.1, 0.15) is 32.4 Å². The molecule has 2 rings (SSSR count). The van der Waals surface area contributed by atoms with E-state index in [2.05, 4.69) is 11.4 Å². The summed E-state index contributed by atoms with van der Waals surface area (Å²) in [5, 5.41) is 3.16. The molecule has 1 saturated carbocycles. The Balaban J connectivity index is 1.90. The first kappa shape index (κ1) is 13.6. The summed E-state index contributed by atoms with van der Waals surface area (Å²) in [5.74, 6) is 0.218. The number of nitrogens with zero attached hydrogens (tertiary/aromatic N) is 1. The lowest BCUT2D eigenvalue weighted by Crippen LogP contribution is -2.23. The summed E-state index contributed by atoms with van der Waals surface area (Å²) in [6, 6.07) is 4.70. The summed E-state index contributed by atoms with van der Waals surface area (Å²) < 4.78 is 25.6. The van der Waals surface area contributed by atoms with Crippen molar-refractivity contribution in [1.82, 2.24) is 9.88 Å². The summed E-state index contributed by atoms with van der Waals surface area (Å²) in [7, 11) is -2.95. The number of rotatable bonds is 7. The van der Waals surface area contributed by atoms with Crippen molar-refractivity contribution in [3.63, 3.8) is 0 Å². The van der Waals surface area contributed by atoms with Crippen molar-refractivity contribution in [1.29, 1.82) is 0 Å². The molecule has 18 heavy (non-hydrogen) atoms. The SMILES string of the molecule is CC(C)S(=O)(=O)CCn1cccc1CNC1CC1. The second-order valence-corrected chi connectivity index (χ2v) is 7.94. The molecule has 0 radical (unpaired) electrons. The highest BCUT2D eigenvalue weighted by atomic mass is 32.2. The molecule has 0 aliphatic heterocycles. The maximum absolute atomic E-state index is 11.8. The first-order valence-corrected chi connectivity index (χ1v) is 8.29. The number of aromatic nitrogens is 1. The highest BCUT2D eigenvalue weighted by Crippen LogP contribution is 2.19. The molecule has 0 bridgehead atoms. The zero-order chi connectivity index (χ0) is 13.2. The molecule has 5 heteroatoms. The molecule has 1 aliphatic carbocycles. The van der Waals surface area contributed by atoms with Crippen LogP contribution in [0.2, 0.25) is 0 Å². The molecule has 0 saturated heterocycles. The quantitative estimate of drug-likeness (QED) is 0.818. The number of hydrogen-bond donors (Lipinski definition) is 1. The normalized spacial score (nSPS) is 16.4. The maximum atomic E-state index is 11.8. The van der Waals surface area contributed by atoms with E-state index in [1.165, 1.54) is 18.5 Å². The van der Waals surface area contributed by atoms with Gasteiger partial charge in [-0.05, 0) is 38.8 Å². The van der Waals surface area contributed by atoms with Gasteiger partial charge in [0.15, 0.2) is 9.84 Å². The van der Waals surface area contributed by atoms with Gasteiger partial charge in [-0.15, -0.1) is 0 Å². The van der Waals surface area contributed by atoms with Crippen molar-refractivity contribution in [2.24, 2.45) is 0 Å². The van der Waals surface area contributed by atoms with Crippen molar-refractivity contribution in [2.75, 3.05) is 5.75 Å². The molecule has 0 aromatic carbocycles. The fourth-order valence-corrected chi connectivity index (χ4v) is 2.75. The third kappa shape index (κ3) is 3.59. The molecule has 1 aromatic rings. The van der Waals surface area contributed by atoms with Gasteiger partial charge in [-0.1, -0.05) is 0 Å². The number of aryl methyl sites for hydroxylation is 1. The third-order valence-corrected chi connectivity index (χ3v) is 5.60. The summed E-state index contributed by atoms with van der Waals surface area (Å²) >= 11 is 0. The van der Waals surface area contributed by atoms with Gasteiger partial charge in [0.1, 0.15) is 0 Å². The molecule has 1 fully saturated rings. The van der Waals surface area contributed by atoms with Gasteiger partial charge in [-0.2, -0.15) is 0 Å². The van der Waals surface area contributed by atoms with Gasteiger partial charge in [-0.3, -0.25) is 0 Å². The van der Waals surface area contributed by atoms with E-state index in [4.69, 9.17) is 0 Å². The molecule has 0 unspecified atom stereocenters. The van der Waals surface area contributed by atoms with Crippen LogP contribution in [0.25, 0.3) is 0 Å². The Hall–Kier alpha value is -0.810. The number of sulfone groups is 1. The van der Waals surface area contributed by atoms with Gasteiger partial charge < -0.3 is 9.88 Å². The van der Waals surface area contributed by atoms with Crippen LogP contribution >= 0.6 is 0 Å². The number of nitrogens with one attached hydrogen (secondary N) is 1. The van der Waals surface area contributed by atoms with E-state index in [1.807, 2.05) is 16.8 Å². The highest BCUT2D eigenvalue weighted by Gasteiger charge is 2.21. The molecule has 1 aliphatic rings. The minimum absolute atomic E-state index is 0.218. The van der Waals surface area contributed by atoms with Gasteiger partial charge in [0.05, 0.1) is 11.0 Å². The second kappa shape index (κ2) is 5.45. The lowest BCUT2D eigenvalue weighted by Gasteiger charge is -2.12. The Morgan fingerprint density at radius 1 is 1.44 bits per heavy atom. The molecule has 1 heterocycles. The van der Waals surface area contributed by atoms with Gasteiger partial charge in [-0.25, -0.2) is 8.42 Å². The smallest absolute Gasteiger partial charge is 0.154 e. The summed E-state index contributed by atoms with van der Waals surface area (Å²) in [4.78, 5) is 0. The molecule has 0 amide bonds. The average Bonchev–Trinajstić information content (AvgIpc) is 3.03. The Kier molecular flexibility index (Phi) is 4.12. The van der Waals surface area contributed by atoms with Crippen LogP contribution in [-0.4, -0.2) is 30.0 Å². The topological polar surface area (TPSA) is 51.1 Å². The van der Waals surface area contributed by atoms with Crippen LogP contribution in [0.15, 0.2) is 18.3 Å². The zero-order valence-corrected chi connectivity index (χ0v) is 11.9. The molecule has 1 aromatic heterocycles. The Bertz CT molecular complexity index is 487. The van der Waals surface area contributed by atoms with E-state index in [-0.39, 0.29) is 11.0 Å². The lowest BCUT2D eigenvalue weighted by atomic mass is 10.4. The van der Waals surface area contributed by atoms with Gasteiger partial charge in [0.25, 0.3) is 0 Å². The number of hydrogen-bond acceptors (Lipinski definition) is 3. The Labute approximate surface area is 109 Å². The van der Waals surface area contributed by atoms with Crippen LogP contribution in [0, 0.1) is 0 Å². The zero-order valence-electron chi connectivity index (χ0n) is 11.1. The molecule has 0 spiro atoms. The predicted octanol–water partition coefficient (Wildman–Crippen LogP) is 1.56. The maximum Gasteiger partial charge on any atom is 0.154 e. The first-order chi connectivity index (χ1) is 8.49. The monoisotopic (exact) mass is 270 g/mol. The lowest BCUT2D eigenvalue weighted by molar-refractivity contribution is 0.574. The van der Waals surface area contributed by atoms with Crippen LogP contribution in [-0.2, 0) is 22.9 Å². The van der Waals surface area contributed by atoms with Crippen LogP contribution in [0.5, 0.6) is 0 Å². The minimum atomic E-state index is -2.95. The van der Waals surface area contributed by atoms with Crippen LogP contribution in [0.4, 0.5) is 0 Å². The van der Waals surface area contributed by atoms with Crippen molar-refractivity contribution in [3.8, 4) is 0 Å². The highest BCUT2D eigenvalue weighted by molar-refractivity contribution is 7.91. The van der Waals surface area contributed by atoms with Crippen molar-refractivity contribution in [3.05, 3.63) is 24.0 Å². The van der Waals surface area contributed by atoms with E-state index < -0.39 is 9.84 Å². The minimum Gasteiger partial charge on any atom is -0.349 e. The molecule has 4 nitrogen and oxygen atoms in total. The fourth-order valence-electron chi connectivity index (χ4n) is 1.83. The molecule has 0 atom stereocenters. The van der Waals surface area contributed by atoms with Gasteiger partial charge in [0, 0.05) is 31.0 Å². The standard InChI is InChI=1S/C13H22N2O2S/c1-11(2)18(16,17)9-8-15-7-3-4-13(15)10-14-12-5-6-12/h3-4,7,11-12,14H,5-6,8-10H2,1-2H3. The summed E-state index contributed by atoms with van der Waals surface area (Å²) in [6.45, 7) is 4.86. The Morgan fingerprint density at radius 2 is 2.17 bits per heavy atom. The van der Waals surface area contributed by atoms with E-state index in [9.17, 15) is 8.42 Å². The summed E-state index contributed by atoms with van der Waals surface area (Å²) in [6.07, 6.45) is 4.49. The first-order valence-electron chi connectivity index (χ1n) is 6.58. The van der Waals surface area contributed by atoms with E-state index in [0.717, 1.165) is 6.54 Å². The third-order valence-electron chi connectivity index (χ3n) is 3.41. The second-order valence-electron chi connectivity index (χ2n) is 5.26. The van der Waals surface area contributed by atoms with E-state index in [1.54, 1.807) is 13.8 Å². The average molecular weight is 270 g/mol. The predicted molar refractivity (Wildman–Crippen MR) is 73.2 cm³/mol. The molecule has 102 valence electrons. The van der Waals surface area contributed by atoms with E-state index in [0.29, 0.717) is 12.6 Å². The van der Waals surface area contributed by atoms with Gasteiger partial charge in [0.2, 0.25) is 0 Å². The molecule has 1 N–H and O–H groups in total. The molecular weight excluding hydrogens is 248 g/mol. The van der Waals surface area contributed by atoms with Crippen molar-refractivity contribution in [2.45, 2.75) is 51.1 Å². The molecular formula is C13H22N2O2S. The largest absolute Gasteiger partial charge is 0.349 e.